The molecule has 0 N–H and O–H groups in total. The summed E-state index contributed by atoms with van der Waals surface area (Å²) in [6.45, 7) is 0. The Kier molecular flexibility index (Phi) is 6.61. The first-order valence-electron chi connectivity index (χ1n) is 18.3. The van der Waals surface area contributed by atoms with Crippen LogP contribution in [-0.4, -0.2) is 13.7 Å². The van der Waals surface area contributed by atoms with Crippen LogP contribution in [0.15, 0.2) is 176 Å². The van der Waals surface area contributed by atoms with Gasteiger partial charge in [0.1, 0.15) is 6.07 Å². The highest BCUT2D eigenvalue weighted by molar-refractivity contribution is 6.13. The maximum absolute atomic E-state index is 10.3. The molecule has 0 bridgehead atoms. The average Bonchev–Trinajstić information content (AvgIpc) is 3.88. The van der Waals surface area contributed by atoms with Gasteiger partial charge in [0, 0.05) is 43.7 Å². The summed E-state index contributed by atoms with van der Waals surface area (Å²) in [5, 5.41) is 26.9. The Bertz CT molecular complexity index is 3420. The topological polar surface area (TPSA) is 62.4 Å². The maximum Gasteiger partial charge on any atom is 0.101 e. The monoisotopic (exact) mass is 699 g/mol. The van der Waals surface area contributed by atoms with Crippen molar-refractivity contribution < 1.29 is 0 Å². The average molecular weight is 700 g/mol. The lowest BCUT2D eigenvalue weighted by atomic mass is 10.0. The number of fused-ring (bicyclic) bond motifs is 9. The van der Waals surface area contributed by atoms with Crippen LogP contribution in [0.25, 0.3) is 93.6 Å². The van der Waals surface area contributed by atoms with Gasteiger partial charge in [-0.3, -0.25) is 0 Å². The molecule has 0 radical (unpaired) electrons. The largest absolute Gasteiger partial charge is 0.309 e. The van der Waals surface area contributed by atoms with Crippen LogP contribution in [-0.2, 0) is 0 Å². The van der Waals surface area contributed by atoms with Crippen molar-refractivity contribution in [1.82, 2.24) is 13.7 Å². The first-order valence-corrected chi connectivity index (χ1v) is 18.3. The molecule has 0 saturated heterocycles. The number of aromatic nitrogens is 3. The van der Waals surface area contributed by atoms with Crippen molar-refractivity contribution in [3.05, 3.63) is 187 Å². The zero-order chi connectivity index (χ0) is 36.6. The number of rotatable bonds is 4. The van der Waals surface area contributed by atoms with Crippen LogP contribution >= 0.6 is 0 Å². The molecule has 11 rings (SSSR count). The summed E-state index contributed by atoms with van der Waals surface area (Å²) in [5.41, 5.74) is 12.8. The standard InChI is InChI=1S/C50H29N5/c51-30-32-20-24-49-42(26-32)40-14-4-8-19-47(40)55(49)50-28-34(21-22-35(50)31-52)33-10-9-11-36(27-33)53-46-18-7-3-15-41(46)43-29-37(23-25-48(43)53)54-44-16-5-1-12-38(44)39-13-2-6-17-45(39)54/h1-29H. The molecule has 11 aromatic rings. The van der Waals surface area contributed by atoms with Crippen molar-refractivity contribution in [2.24, 2.45) is 0 Å². The molecule has 55 heavy (non-hydrogen) atoms. The Hall–Kier alpha value is -7.86. The molecule has 5 heteroatoms. The fourth-order valence-corrected chi connectivity index (χ4v) is 8.70. The zero-order valence-electron chi connectivity index (χ0n) is 29.5. The van der Waals surface area contributed by atoms with Gasteiger partial charge in [-0.25, -0.2) is 0 Å². The Morgan fingerprint density at radius 3 is 1.44 bits per heavy atom. The molecule has 0 amide bonds. The van der Waals surface area contributed by atoms with Gasteiger partial charge < -0.3 is 13.7 Å². The van der Waals surface area contributed by atoms with Gasteiger partial charge in [-0.2, -0.15) is 10.5 Å². The van der Waals surface area contributed by atoms with Gasteiger partial charge in [0.25, 0.3) is 0 Å². The molecular formula is C50H29N5. The van der Waals surface area contributed by atoms with Crippen molar-refractivity contribution in [3.63, 3.8) is 0 Å². The first kappa shape index (κ1) is 30.7. The minimum Gasteiger partial charge on any atom is -0.309 e. The lowest BCUT2D eigenvalue weighted by molar-refractivity contribution is 1.16. The van der Waals surface area contributed by atoms with Gasteiger partial charge in [-0.1, -0.05) is 91.0 Å². The third kappa shape index (κ3) is 4.51. The van der Waals surface area contributed by atoms with Gasteiger partial charge >= 0.3 is 0 Å². The van der Waals surface area contributed by atoms with Crippen LogP contribution < -0.4 is 0 Å². The van der Waals surface area contributed by atoms with Crippen molar-refractivity contribution in [1.29, 1.82) is 10.5 Å². The third-order valence-corrected chi connectivity index (χ3v) is 11.1. The lowest BCUT2D eigenvalue weighted by Crippen LogP contribution is -1.99. The molecule has 0 aliphatic heterocycles. The number of hydrogen-bond acceptors (Lipinski definition) is 2. The van der Waals surface area contributed by atoms with Crippen molar-refractivity contribution in [2.75, 3.05) is 0 Å². The highest BCUT2D eigenvalue weighted by Crippen LogP contribution is 2.39. The van der Waals surface area contributed by atoms with Crippen LogP contribution in [0.4, 0.5) is 0 Å². The smallest absolute Gasteiger partial charge is 0.101 e. The van der Waals surface area contributed by atoms with E-state index in [1.54, 1.807) is 0 Å². The maximum atomic E-state index is 10.3. The minimum absolute atomic E-state index is 0.577. The summed E-state index contributed by atoms with van der Waals surface area (Å²) < 4.78 is 6.88. The van der Waals surface area contributed by atoms with Gasteiger partial charge in [0.2, 0.25) is 0 Å². The van der Waals surface area contributed by atoms with Crippen molar-refractivity contribution in [3.8, 4) is 40.3 Å². The van der Waals surface area contributed by atoms with E-state index in [2.05, 4.69) is 159 Å². The quantitative estimate of drug-likeness (QED) is 0.184. The van der Waals surface area contributed by atoms with E-state index in [0.29, 0.717) is 11.1 Å². The molecule has 0 unspecified atom stereocenters. The van der Waals surface area contributed by atoms with E-state index in [1.165, 1.54) is 32.6 Å². The lowest BCUT2D eigenvalue weighted by Gasteiger charge is -2.14. The molecular weight excluding hydrogens is 671 g/mol. The molecule has 8 aromatic carbocycles. The molecule has 0 fully saturated rings. The van der Waals surface area contributed by atoms with Crippen LogP contribution in [0.2, 0.25) is 0 Å². The van der Waals surface area contributed by atoms with Gasteiger partial charge in [-0.15, -0.1) is 0 Å². The van der Waals surface area contributed by atoms with Crippen molar-refractivity contribution >= 4 is 65.4 Å². The zero-order valence-corrected chi connectivity index (χ0v) is 29.5. The van der Waals surface area contributed by atoms with Gasteiger partial charge in [-0.05, 0) is 96.1 Å². The summed E-state index contributed by atoms with van der Waals surface area (Å²) >= 11 is 0. The number of para-hydroxylation sites is 4. The second-order valence-corrected chi connectivity index (χ2v) is 14.0. The summed E-state index contributed by atoms with van der Waals surface area (Å²) in [5.74, 6) is 0. The molecule has 5 nitrogen and oxygen atoms in total. The highest BCUT2D eigenvalue weighted by Gasteiger charge is 2.19. The highest BCUT2D eigenvalue weighted by atomic mass is 15.0. The van der Waals surface area contributed by atoms with Crippen LogP contribution in [0.3, 0.4) is 0 Å². The Morgan fingerprint density at radius 1 is 0.327 bits per heavy atom. The second kappa shape index (κ2) is 11.8. The predicted octanol–water partition coefficient (Wildman–Crippen LogP) is 12.4. The normalized spacial score (nSPS) is 11.6. The molecule has 0 atom stereocenters. The summed E-state index contributed by atoms with van der Waals surface area (Å²) in [6.07, 6.45) is 0. The summed E-state index contributed by atoms with van der Waals surface area (Å²) in [4.78, 5) is 0. The minimum atomic E-state index is 0.577. The number of hydrogen-bond donors (Lipinski definition) is 0. The molecule has 0 aliphatic carbocycles. The molecule has 0 saturated carbocycles. The summed E-state index contributed by atoms with van der Waals surface area (Å²) in [6, 6.07) is 66.1. The number of benzene rings is 8. The van der Waals surface area contributed by atoms with Gasteiger partial charge in [0.15, 0.2) is 0 Å². The van der Waals surface area contributed by atoms with E-state index in [1.807, 2.05) is 42.5 Å². The molecule has 3 heterocycles. The molecule has 0 spiro atoms. The van der Waals surface area contributed by atoms with E-state index in [9.17, 15) is 10.5 Å². The fourth-order valence-electron chi connectivity index (χ4n) is 8.70. The SMILES string of the molecule is N#Cc1ccc2c(c1)c1ccccc1n2-c1cc(-c2cccc(-n3c4ccccc4c4cc(-n5c6ccccc6c6ccccc65)ccc43)c2)ccc1C#N. The van der Waals surface area contributed by atoms with E-state index in [0.717, 1.165) is 61.0 Å². The van der Waals surface area contributed by atoms with Crippen LogP contribution in [0, 0.1) is 22.7 Å². The van der Waals surface area contributed by atoms with E-state index >= 15 is 0 Å². The van der Waals surface area contributed by atoms with Crippen molar-refractivity contribution in [2.45, 2.75) is 0 Å². The third-order valence-electron chi connectivity index (χ3n) is 11.1. The van der Waals surface area contributed by atoms with Crippen LogP contribution in [0.5, 0.6) is 0 Å². The van der Waals surface area contributed by atoms with E-state index in [4.69, 9.17) is 0 Å². The second-order valence-electron chi connectivity index (χ2n) is 14.0. The van der Waals surface area contributed by atoms with E-state index < -0.39 is 0 Å². The number of nitrogens with zero attached hydrogens (tertiary/aromatic N) is 5. The molecule has 0 aliphatic rings. The van der Waals surface area contributed by atoms with Crippen LogP contribution in [0.1, 0.15) is 11.1 Å². The molecule has 254 valence electrons. The first-order chi connectivity index (χ1) is 27.2. The Balaban J connectivity index is 1.09. The summed E-state index contributed by atoms with van der Waals surface area (Å²) in [7, 11) is 0. The molecule has 3 aromatic heterocycles. The fraction of sp³-hybridized carbons (Fsp3) is 0. The predicted molar refractivity (Wildman–Crippen MR) is 224 cm³/mol. The van der Waals surface area contributed by atoms with E-state index in [-0.39, 0.29) is 0 Å². The Morgan fingerprint density at radius 2 is 0.818 bits per heavy atom. The number of nitriles is 2. The Labute approximate surface area is 316 Å². The van der Waals surface area contributed by atoms with Gasteiger partial charge in [0.05, 0.1) is 56.0 Å².